The number of aryl methyl sites for hydroxylation is 1. The molecule has 5 nitrogen and oxygen atoms in total. The van der Waals surface area contributed by atoms with Crippen LogP contribution in [0.3, 0.4) is 0 Å². The van der Waals surface area contributed by atoms with Gasteiger partial charge in [0.25, 0.3) is 0 Å². The second-order valence-corrected chi connectivity index (χ2v) is 4.03. The van der Waals surface area contributed by atoms with E-state index in [1.807, 2.05) is 31.2 Å². The fourth-order valence-corrected chi connectivity index (χ4v) is 1.54. The van der Waals surface area contributed by atoms with Crippen molar-refractivity contribution in [2.75, 3.05) is 40.5 Å². The number of para-hydroxylation sites is 1. The predicted molar refractivity (Wildman–Crippen MR) is 93.3 cm³/mol. The molecule has 0 fully saturated rings. The van der Waals surface area contributed by atoms with Gasteiger partial charge >= 0.3 is 0 Å². The number of benzene rings is 1. The fraction of sp³-hybridized carbons (Fsp3) is 0.500. The van der Waals surface area contributed by atoms with Crippen molar-refractivity contribution in [1.82, 2.24) is 10.6 Å². The second-order valence-electron chi connectivity index (χ2n) is 4.03. The molecule has 0 saturated heterocycles. The van der Waals surface area contributed by atoms with E-state index in [1.165, 1.54) is 0 Å². The zero-order chi connectivity index (χ0) is 13.9. The van der Waals surface area contributed by atoms with Crippen molar-refractivity contribution < 1.29 is 9.47 Å². The molecule has 1 aromatic rings. The molecule has 0 spiro atoms. The van der Waals surface area contributed by atoms with Crippen molar-refractivity contribution in [1.29, 1.82) is 0 Å². The number of nitrogens with zero attached hydrogens (tertiary/aromatic N) is 1. The topological polar surface area (TPSA) is 54.9 Å². The third-order valence-corrected chi connectivity index (χ3v) is 2.57. The van der Waals surface area contributed by atoms with Crippen LogP contribution in [-0.4, -0.2) is 46.4 Å². The Kier molecular flexibility index (Phi) is 11.2. The molecule has 0 heterocycles. The first-order valence-electron chi connectivity index (χ1n) is 6.40. The number of methoxy groups -OCH3 is 1. The maximum Gasteiger partial charge on any atom is 0.191 e. The summed E-state index contributed by atoms with van der Waals surface area (Å²) < 4.78 is 10.7. The van der Waals surface area contributed by atoms with E-state index in [1.54, 1.807) is 14.2 Å². The predicted octanol–water partition coefficient (Wildman–Crippen LogP) is 1.80. The Labute approximate surface area is 138 Å². The van der Waals surface area contributed by atoms with E-state index in [4.69, 9.17) is 9.47 Å². The van der Waals surface area contributed by atoms with Crippen LogP contribution in [0.2, 0.25) is 0 Å². The molecule has 114 valence electrons. The van der Waals surface area contributed by atoms with Crippen molar-refractivity contribution in [3.63, 3.8) is 0 Å². The zero-order valence-electron chi connectivity index (χ0n) is 12.3. The number of guanidine groups is 1. The maximum absolute atomic E-state index is 5.69. The molecule has 0 atom stereocenters. The van der Waals surface area contributed by atoms with Gasteiger partial charge in [0.1, 0.15) is 12.4 Å². The second kappa shape index (κ2) is 11.8. The Bertz CT molecular complexity index is 400. The van der Waals surface area contributed by atoms with Crippen molar-refractivity contribution >= 4 is 29.9 Å². The number of rotatable bonds is 7. The molecular weight excluding hydrogens is 369 g/mol. The SMILES string of the molecule is CN=C(NCCOC)NCCOc1ccccc1C.I. The minimum Gasteiger partial charge on any atom is -0.491 e. The van der Waals surface area contributed by atoms with Gasteiger partial charge in [-0.2, -0.15) is 0 Å². The molecule has 0 radical (unpaired) electrons. The molecule has 1 aromatic carbocycles. The molecule has 0 aliphatic rings. The van der Waals surface area contributed by atoms with Gasteiger partial charge in [-0.25, -0.2) is 0 Å². The Balaban J connectivity index is 0.00000361. The summed E-state index contributed by atoms with van der Waals surface area (Å²) in [6.07, 6.45) is 0. The van der Waals surface area contributed by atoms with E-state index in [2.05, 4.69) is 15.6 Å². The molecule has 0 aliphatic heterocycles. The summed E-state index contributed by atoms with van der Waals surface area (Å²) in [7, 11) is 3.41. The van der Waals surface area contributed by atoms with Crippen LogP contribution in [-0.2, 0) is 4.74 Å². The summed E-state index contributed by atoms with van der Waals surface area (Å²) in [4.78, 5) is 4.11. The minimum absolute atomic E-state index is 0. The molecule has 6 heteroatoms. The summed E-state index contributed by atoms with van der Waals surface area (Å²) in [6, 6.07) is 7.98. The monoisotopic (exact) mass is 393 g/mol. The first-order valence-corrected chi connectivity index (χ1v) is 6.40. The number of hydrogen-bond acceptors (Lipinski definition) is 3. The quantitative estimate of drug-likeness (QED) is 0.321. The van der Waals surface area contributed by atoms with Crippen LogP contribution in [0.4, 0.5) is 0 Å². The van der Waals surface area contributed by atoms with Gasteiger partial charge in [-0.3, -0.25) is 4.99 Å². The average Bonchev–Trinajstić information content (AvgIpc) is 2.43. The van der Waals surface area contributed by atoms with Crippen LogP contribution in [0, 0.1) is 6.92 Å². The molecule has 2 N–H and O–H groups in total. The van der Waals surface area contributed by atoms with Crippen LogP contribution in [0.1, 0.15) is 5.56 Å². The Morgan fingerprint density at radius 2 is 1.80 bits per heavy atom. The lowest BCUT2D eigenvalue weighted by atomic mass is 10.2. The Morgan fingerprint density at radius 3 is 2.40 bits per heavy atom. The van der Waals surface area contributed by atoms with E-state index in [-0.39, 0.29) is 24.0 Å². The first-order chi connectivity index (χ1) is 9.27. The molecule has 0 amide bonds. The highest BCUT2D eigenvalue weighted by atomic mass is 127. The molecule has 20 heavy (non-hydrogen) atoms. The van der Waals surface area contributed by atoms with E-state index in [9.17, 15) is 0 Å². The number of ether oxygens (including phenoxy) is 2. The van der Waals surface area contributed by atoms with Gasteiger partial charge in [-0.05, 0) is 18.6 Å². The number of aliphatic imine (C=N–C) groups is 1. The molecule has 0 bridgehead atoms. The number of hydrogen-bond donors (Lipinski definition) is 2. The molecule has 0 aliphatic carbocycles. The van der Waals surface area contributed by atoms with E-state index in [0.29, 0.717) is 19.8 Å². The molecule has 0 saturated carbocycles. The average molecular weight is 393 g/mol. The van der Waals surface area contributed by atoms with Crippen molar-refractivity contribution in [2.45, 2.75) is 6.92 Å². The summed E-state index contributed by atoms with van der Waals surface area (Å²) in [6.45, 7) is 4.71. The van der Waals surface area contributed by atoms with Gasteiger partial charge in [-0.15, -0.1) is 24.0 Å². The van der Waals surface area contributed by atoms with E-state index >= 15 is 0 Å². The summed E-state index contributed by atoms with van der Waals surface area (Å²) in [5.41, 5.74) is 1.14. The first kappa shape index (κ1) is 19.0. The fourth-order valence-electron chi connectivity index (χ4n) is 1.54. The highest BCUT2D eigenvalue weighted by molar-refractivity contribution is 14.0. The summed E-state index contributed by atoms with van der Waals surface area (Å²) in [5, 5.41) is 6.32. The van der Waals surface area contributed by atoms with Crippen molar-refractivity contribution in [2.24, 2.45) is 4.99 Å². The van der Waals surface area contributed by atoms with E-state index in [0.717, 1.165) is 23.8 Å². The summed E-state index contributed by atoms with van der Waals surface area (Å²) in [5.74, 6) is 1.68. The normalized spacial score (nSPS) is 10.7. The largest absolute Gasteiger partial charge is 0.491 e. The smallest absolute Gasteiger partial charge is 0.191 e. The number of halogens is 1. The lowest BCUT2D eigenvalue weighted by Crippen LogP contribution is -2.40. The zero-order valence-corrected chi connectivity index (χ0v) is 14.6. The van der Waals surface area contributed by atoms with Gasteiger partial charge in [-0.1, -0.05) is 18.2 Å². The van der Waals surface area contributed by atoms with Gasteiger partial charge in [0.05, 0.1) is 13.2 Å². The van der Waals surface area contributed by atoms with Gasteiger partial charge in [0.2, 0.25) is 0 Å². The molecule has 1 rings (SSSR count). The standard InChI is InChI=1S/C14H23N3O2.HI/c1-12-6-4-5-7-13(12)19-11-9-17-14(15-2)16-8-10-18-3;/h4-7H,8-11H2,1-3H3,(H2,15,16,17);1H. The van der Waals surface area contributed by atoms with Crippen molar-refractivity contribution in [3.8, 4) is 5.75 Å². The third-order valence-electron chi connectivity index (χ3n) is 2.57. The molecule has 0 unspecified atom stereocenters. The third kappa shape index (κ3) is 7.54. The van der Waals surface area contributed by atoms with Crippen LogP contribution < -0.4 is 15.4 Å². The number of nitrogens with one attached hydrogen (secondary N) is 2. The van der Waals surface area contributed by atoms with Crippen LogP contribution >= 0.6 is 24.0 Å². The van der Waals surface area contributed by atoms with Crippen LogP contribution in [0.5, 0.6) is 5.75 Å². The van der Waals surface area contributed by atoms with Gasteiger partial charge in [0, 0.05) is 20.7 Å². The van der Waals surface area contributed by atoms with Crippen LogP contribution in [0.25, 0.3) is 0 Å². The van der Waals surface area contributed by atoms with Crippen molar-refractivity contribution in [3.05, 3.63) is 29.8 Å². The highest BCUT2D eigenvalue weighted by Crippen LogP contribution is 2.15. The Hall–Kier alpha value is -1.02. The van der Waals surface area contributed by atoms with Crippen LogP contribution in [0.15, 0.2) is 29.3 Å². The lowest BCUT2D eigenvalue weighted by molar-refractivity contribution is 0.203. The molecule has 0 aromatic heterocycles. The maximum atomic E-state index is 5.69. The van der Waals surface area contributed by atoms with Gasteiger partial charge in [0.15, 0.2) is 5.96 Å². The van der Waals surface area contributed by atoms with Gasteiger partial charge < -0.3 is 20.1 Å². The minimum atomic E-state index is 0. The Morgan fingerprint density at radius 1 is 1.15 bits per heavy atom. The van der Waals surface area contributed by atoms with E-state index < -0.39 is 0 Å². The highest BCUT2D eigenvalue weighted by Gasteiger charge is 1.99. The molecular formula is C14H24IN3O2. The lowest BCUT2D eigenvalue weighted by Gasteiger charge is -2.13. The summed E-state index contributed by atoms with van der Waals surface area (Å²) >= 11 is 0.